The molecule has 0 saturated carbocycles. The quantitative estimate of drug-likeness (QED) is 0.574. The van der Waals surface area contributed by atoms with Gasteiger partial charge in [-0.3, -0.25) is 4.79 Å². The van der Waals surface area contributed by atoms with E-state index in [2.05, 4.69) is 5.32 Å². The number of rotatable bonds is 6. The molecule has 0 atom stereocenters. The van der Waals surface area contributed by atoms with Crippen molar-refractivity contribution in [1.29, 1.82) is 0 Å². The van der Waals surface area contributed by atoms with Crippen molar-refractivity contribution in [3.8, 4) is 5.75 Å². The molecule has 0 bridgehead atoms. The van der Waals surface area contributed by atoms with Gasteiger partial charge in [-0.1, -0.05) is 0 Å². The van der Waals surface area contributed by atoms with Crippen molar-refractivity contribution in [3.63, 3.8) is 0 Å². The number of aryl methyl sites for hydroxylation is 2. The van der Waals surface area contributed by atoms with E-state index in [4.69, 9.17) is 9.84 Å². The largest absolute Gasteiger partial charge is 0.496 e. The van der Waals surface area contributed by atoms with Crippen molar-refractivity contribution in [2.45, 2.75) is 13.8 Å². The lowest BCUT2D eigenvalue weighted by molar-refractivity contribution is 0.0986. The van der Waals surface area contributed by atoms with E-state index in [0.717, 1.165) is 11.1 Å². The first-order valence-electron chi connectivity index (χ1n) is 5.60. The Labute approximate surface area is 102 Å². The van der Waals surface area contributed by atoms with E-state index in [9.17, 15) is 4.79 Å². The number of ketones is 1. The Balaban J connectivity index is 2.88. The van der Waals surface area contributed by atoms with E-state index in [-0.39, 0.29) is 18.9 Å². The number of ether oxygens (including phenoxy) is 1. The number of nitrogens with one attached hydrogen (secondary N) is 1. The number of carbonyl (C=O) groups is 1. The van der Waals surface area contributed by atoms with E-state index in [1.54, 1.807) is 7.11 Å². The normalized spacial score (nSPS) is 10.4. The van der Waals surface area contributed by atoms with Gasteiger partial charge in [0.05, 0.1) is 25.8 Å². The van der Waals surface area contributed by atoms with Crippen LogP contribution in [-0.4, -0.2) is 37.7 Å². The summed E-state index contributed by atoms with van der Waals surface area (Å²) in [5, 5.41) is 11.5. The van der Waals surface area contributed by atoms with E-state index in [0.29, 0.717) is 17.9 Å². The van der Waals surface area contributed by atoms with Gasteiger partial charge in [0, 0.05) is 6.54 Å². The molecule has 0 unspecified atom stereocenters. The van der Waals surface area contributed by atoms with Crippen molar-refractivity contribution in [2.24, 2.45) is 0 Å². The summed E-state index contributed by atoms with van der Waals surface area (Å²) < 4.78 is 5.21. The number of benzene rings is 1. The highest BCUT2D eigenvalue weighted by Crippen LogP contribution is 2.23. The molecule has 0 aliphatic heterocycles. The first-order chi connectivity index (χ1) is 8.10. The van der Waals surface area contributed by atoms with E-state index < -0.39 is 0 Å². The van der Waals surface area contributed by atoms with Gasteiger partial charge in [0.1, 0.15) is 5.75 Å². The van der Waals surface area contributed by atoms with E-state index in [1.807, 2.05) is 26.0 Å². The summed E-state index contributed by atoms with van der Waals surface area (Å²) in [6, 6.07) is 3.71. The summed E-state index contributed by atoms with van der Waals surface area (Å²) in [5.41, 5.74) is 2.75. The van der Waals surface area contributed by atoms with Gasteiger partial charge in [-0.15, -0.1) is 0 Å². The minimum atomic E-state index is -0.0293. The third-order valence-electron chi connectivity index (χ3n) is 2.69. The van der Waals surface area contributed by atoms with Gasteiger partial charge < -0.3 is 15.2 Å². The Bertz CT molecular complexity index is 402. The van der Waals surface area contributed by atoms with E-state index >= 15 is 0 Å². The average Bonchev–Trinajstić information content (AvgIpc) is 2.32. The van der Waals surface area contributed by atoms with Crippen LogP contribution in [0.25, 0.3) is 0 Å². The fourth-order valence-corrected chi connectivity index (χ4v) is 1.55. The lowest BCUT2D eigenvalue weighted by Gasteiger charge is -2.11. The van der Waals surface area contributed by atoms with Crippen molar-refractivity contribution < 1.29 is 14.6 Å². The molecule has 0 fully saturated rings. The topological polar surface area (TPSA) is 58.6 Å². The zero-order valence-electron chi connectivity index (χ0n) is 10.5. The molecule has 0 aromatic heterocycles. The average molecular weight is 237 g/mol. The molecule has 0 aliphatic carbocycles. The molecular weight excluding hydrogens is 218 g/mol. The zero-order valence-corrected chi connectivity index (χ0v) is 10.5. The minimum Gasteiger partial charge on any atom is -0.496 e. The predicted octanol–water partition coefficient (Wildman–Crippen LogP) is 1.08. The second kappa shape index (κ2) is 6.37. The van der Waals surface area contributed by atoms with Crippen LogP contribution in [0.1, 0.15) is 21.5 Å². The molecule has 0 amide bonds. The van der Waals surface area contributed by atoms with Gasteiger partial charge in [0.15, 0.2) is 5.78 Å². The highest BCUT2D eigenvalue weighted by molar-refractivity contribution is 6.00. The lowest BCUT2D eigenvalue weighted by atomic mass is 10.0. The van der Waals surface area contributed by atoms with Crippen LogP contribution < -0.4 is 10.1 Å². The summed E-state index contributed by atoms with van der Waals surface area (Å²) in [5.74, 6) is 0.572. The predicted molar refractivity (Wildman–Crippen MR) is 66.8 cm³/mol. The Morgan fingerprint density at radius 2 is 2.00 bits per heavy atom. The van der Waals surface area contributed by atoms with Crippen LogP contribution in [0.15, 0.2) is 12.1 Å². The molecular formula is C13H19NO3. The standard InChI is InChI=1S/C13H19NO3/c1-9-6-11(12(16)8-14-4-5-15)13(17-3)7-10(9)2/h6-7,14-15H,4-5,8H2,1-3H3. The minimum absolute atomic E-state index is 0.0251. The molecule has 0 spiro atoms. The molecule has 0 radical (unpaired) electrons. The van der Waals surface area contributed by atoms with Crippen LogP contribution in [0.3, 0.4) is 0 Å². The van der Waals surface area contributed by atoms with Crippen molar-refractivity contribution >= 4 is 5.78 Å². The number of hydrogen-bond donors (Lipinski definition) is 2. The van der Waals surface area contributed by atoms with Crippen LogP contribution in [0.2, 0.25) is 0 Å². The van der Waals surface area contributed by atoms with Crippen molar-refractivity contribution in [2.75, 3.05) is 26.8 Å². The molecule has 0 saturated heterocycles. The first kappa shape index (κ1) is 13.7. The van der Waals surface area contributed by atoms with E-state index in [1.165, 1.54) is 0 Å². The van der Waals surface area contributed by atoms with Crippen LogP contribution >= 0.6 is 0 Å². The number of aliphatic hydroxyl groups excluding tert-OH is 1. The second-order valence-corrected chi connectivity index (χ2v) is 3.96. The fraction of sp³-hybridized carbons (Fsp3) is 0.462. The number of hydrogen-bond acceptors (Lipinski definition) is 4. The number of methoxy groups -OCH3 is 1. The smallest absolute Gasteiger partial charge is 0.180 e. The lowest BCUT2D eigenvalue weighted by Crippen LogP contribution is -2.26. The van der Waals surface area contributed by atoms with Gasteiger partial charge in [-0.2, -0.15) is 0 Å². The van der Waals surface area contributed by atoms with Gasteiger partial charge in [-0.05, 0) is 37.1 Å². The van der Waals surface area contributed by atoms with Crippen LogP contribution in [0.5, 0.6) is 5.75 Å². The summed E-state index contributed by atoms with van der Waals surface area (Å²) in [7, 11) is 1.56. The molecule has 4 heteroatoms. The van der Waals surface area contributed by atoms with Crippen molar-refractivity contribution in [1.82, 2.24) is 5.32 Å². The maximum absolute atomic E-state index is 11.9. The van der Waals surface area contributed by atoms with Crippen LogP contribution in [-0.2, 0) is 0 Å². The fourth-order valence-electron chi connectivity index (χ4n) is 1.55. The molecule has 1 rings (SSSR count). The maximum atomic E-state index is 11.9. The van der Waals surface area contributed by atoms with Gasteiger partial charge in [0.25, 0.3) is 0 Å². The summed E-state index contributed by atoms with van der Waals surface area (Å²) >= 11 is 0. The van der Waals surface area contributed by atoms with Gasteiger partial charge in [0.2, 0.25) is 0 Å². The summed E-state index contributed by atoms with van der Waals surface area (Å²) in [4.78, 5) is 11.9. The van der Waals surface area contributed by atoms with Crippen molar-refractivity contribution in [3.05, 3.63) is 28.8 Å². The number of aliphatic hydroxyl groups is 1. The highest BCUT2D eigenvalue weighted by atomic mass is 16.5. The molecule has 0 aliphatic rings. The van der Waals surface area contributed by atoms with Crippen LogP contribution in [0, 0.1) is 13.8 Å². The monoisotopic (exact) mass is 237 g/mol. The SMILES string of the molecule is COc1cc(C)c(C)cc1C(=O)CNCCO. The second-order valence-electron chi connectivity index (χ2n) is 3.96. The molecule has 94 valence electrons. The first-order valence-corrected chi connectivity index (χ1v) is 5.60. The summed E-state index contributed by atoms with van der Waals surface area (Å²) in [6.07, 6.45) is 0. The Morgan fingerprint density at radius 1 is 1.35 bits per heavy atom. The Kier molecular flexibility index (Phi) is 5.12. The van der Waals surface area contributed by atoms with Gasteiger partial charge >= 0.3 is 0 Å². The van der Waals surface area contributed by atoms with Crippen LogP contribution in [0.4, 0.5) is 0 Å². The maximum Gasteiger partial charge on any atom is 0.180 e. The Morgan fingerprint density at radius 3 is 2.59 bits per heavy atom. The molecule has 2 N–H and O–H groups in total. The molecule has 1 aromatic rings. The van der Waals surface area contributed by atoms with Gasteiger partial charge in [-0.25, -0.2) is 0 Å². The molecule has 0 heterocycles. The summed E-state index contributed by atoms with van der Waals surface area (Å²) in [6.45, 7) is 4.60. The zero-order chi connectivity index (χ0) is 12.8. The molecule has 4 nitrogen and oxygen atoms in total. The molecule has 17 heavy (non-hydrogen) atoms. The third kappa shape index (κ3) is 3.54. The number of carbonyl (C=O) groups excluding carboxylic acids is 1. The Hall–Kier alpha value is -1.39. The number of Topliss-reactive ketones (excluding diaryl/α,β-unsaturated/α-hetero) is 1. The molecule has 1 aromatic carbocycles. The highest BCUT2D eigenvalue weighted by Gasteiger charge is 2.13. The third-order valence-corrected chi connectivity index (χ3v) is 2.69.